The third-order valence-electron chi connectivity index (χ3n) is 5.05. The molecule has 3 aromatic carbocycles. The van der Waals surface area contributed by atoms with Crippen LogP contribution in [0.3, 0.4) is 0 Å². The highest BCUT2D eigenvalue weighted by Gasteiger charge is 2.22. The van der Waals surface area contributed by atoms with Crippen molar-refractivity contribution in [3.8, 4) is 16.3 Å². The maximum atomic E-state index is 13.2. The number of benzene rings is 3. The molecule has 0 radical (unpaired) electrons. The molecule has 8 heteroatoms. The van der Waals surface area contributed by atoms with Gasteiger partial charge in [0.1, 0.15) is 22.1 Å². The predicted octanol–water partition coefficient (Wildman–Crippen LogP) is 5.82. The van der Waals surface area contributed by atoms with E-state index in [1.165, 1.54) is 18.4 Å². The average molecular weight is 478 g/mol. The Kier molecular flexibility index (Phi) is 6.98. The molecule has 33 heavy (non-hydrogen) atoms. The predicted molar refractivity (Wildman–Crippen MR) is 134 cm³/mol. The normalized spacial score (nSPS) is 11.6. The summed E-state index contributed by atoms with van der Waals surface area (Å²) in [5.41, 5.74) is 4.58. The summed E-state index contributed by atoms with van der Waals surface area (Å²) in [4.78, 5) is 17.7. The van der Waals surface area contributed by atoms with Gasteiger partial charge in [-0.1, -0.05) is 48.5 Å². The second-order valence-corrected chi connectivity index (χ2v) is 9.40. The van der Waals surface area contributed by atoms with E-state index in [2.05, 4.69) is 15.0 Å². The molecule has 0 bridgehead atoms. The van der Waals surface area contributed by atoms with E-state index in [-0.39, 0.29) is 5.91 Å². The number of nitrogens with zero attached hydrogens (tertiary/aromatic N) is 1. The summed E-state index contributed by atoms with van der Waals surface area (Å²) < 4.78 is 21.6. The van der Waals surface area contributed by atoms with Crippen molar-refractivity contribution >= 4 is 40.0 Å². The van der Waals surface area contributed by atoms with Crippen molar-refractivity contribution in [3.05, 3.63) is 88.9 Å². The van der Waals surface area contributed by atoms with Crippen LogP contribution in [0.4, 0.5) is 11.4 Å². The third-order valence-corrected chi connectivity index (χ3v) is 7.05. The van der Waals surface area contributed by atoms with Gasteiger partial charge in [0.05, 0.1) is 12.8 Å². The molecule has 6 nitrogen and oxygen atoms in total. The van der Waals surface area contributed by atoms with Gasteiger partial charge in [0.25, 0.3) is 5.91 Å². The number of anilines is 2. The summed E-state index contributed by atoms with van der Waals surface area (Å²) in [5, 5.41) is 5.34. The van der Waals surface area contributed by atoms with Gasteiger partial charge in [0.15, 0.2) is 5.75 Å². The van der Waals surface area contributed by atoms with Crippen molar-refractivity contribution in [3.63, 3.8) is 0 Å². The molecule has 168 valence electrons. The number of hydrogen-bond acceptors (Lipinski definition) is 6. The zero-order valence-electron chi connectivity index (χ0n) is 18.4. The van der Waals surface area contributed by atoms with E-state index in [0.29, 0.717) is 22.0 Å². The number of aryl methyl sites for hydroxylation is 2. The Balaban J connectivity index is 1.54. The molecule has 2 N–H and O–H groups in total. The molecule has 0 saturated carbocycles. The molecule has 1 unspecified atom stereocenters. The number of carbonyl (C=O) groups is 1. The van der Waals surface area contributed by atoms with Crippen molar-refractivity contribution in [1.29, 1.82) is 0 Å². The molecule has 0 fully saturated rings. The van der Waals surface area contributed by atoms with Gasteiger partial charge in [-0.25, -0.2) is 9.71 Å². The molecular weight excluding hydrogens is 454 g/mol. The van der Waals surface area contributed by atoms with Gasteiger partial charge in [0, 0.05) is 22.7 Å². The molecule has 0 spiro atoms. The number of carbonyl (C=O) groups excluding carboxylic acids is 1. The minimum atomic E-state index is -1.60. The molecule has 4 aromatic rings. The summed E-state index contributed by atoms with van der Waals surface area (Å²) in [6, 6.07) is 20.6. The van der Waals surface area contributed by atoms with E-state index in [0.717, 1.165) is 27.4 Å². The lowest BCUT2D eigenvalue weighted by Crippen LogP contribution is -2.17. The lowest BCUT2D eigenvalue weighted by Gasteiger charge is -2.17. The zero-order chi connectivity index (χ0) is 23.4. The second kappa shape index (κ2) is 10.1. The maximum Gasteiger partial charge on any atom is 0.275 e. The fourth-order valence-corrected chi connectivity index (χ4v) is 5.30. The van der Waals surface area contributed by atoms with Crippen molar-refractivity contribution in [1.82, 2.24) is 4.98 Å². The fraction of sp³-hybridized carbons (Fsp3) is 0.120. The Bertz CT molecular complexity index is 1250. The van der Waals surface area contributed by atoms with Crippen LogP contribution in [0.25, 0.3) is 10.6 Å². The summed E-state index contributed by atoms with van der Waals surface area (Å²) in [6.45, 7) is 3.91. The maximum absolute atomic E-state index is 13.2. The minimum absolute atomic E-state index is 0.325. The Morgan fingerprint density at radius 2 is 1.76 bits per heavy atom. The first-order valence-corrected chi connectivity index (χ1v) is 12.2. The van der Waals surface area contributed by atoms with E-state index < -0.39 is 11.4 Å². The lowest BCUT2D eigenvalue weighted by molar-refractivity contribution is 0.102. The Morgan fingerprint density at radius 3 is 2.45 bits per heavy atom. The van der Waals surface area contributed by atoms with Crippen LogP contribution in [-0.4, -0.2) is 22.6 Å². The number of aromatic nitrogens is 1. The number of thiazole rings is 1. The second-order valence-electron chi connectivity index (χ2n) is 7.36. The van der Waals surface area contributed by atoms with Gasteiger partial charge in [-0.2, -0.15) is 0 Å². The van der Waals surface area contributed by atoms with Crippen LogP contribution >= 0.6 is 11.3 Å². The average Bonchev–Trinajstić information content (AvgIpc) is 3.32. The summed E-state index contributed by atoms with van der Waals surface area (Å²) >= 11 is -0.188. The van der Waals surface area contributed by atoms with Gasteiger partial charge < -0.3 is 14.6 Å². The van der Waals surface area contributed by atoms with Crippen molar-refractivity contribution in [2.45, 2.75) is 18.7 Å². The summed E-state index contributed by atoms with van der Waals surface area (Å²) in [5.74, 6) is 0.128. The van der Waals surface area contributed by atoms with Gasteiger partial charge in [-0.05, 0) is 37.1 Å². The van der Waals surface area contributed by atoms with Crippen molar-refractivity contribution in [2.75, 3.05) is 17.1 Å². The smallest absolute Gasteiger partial charge is 0.275 e. The molecule has 1 heterocycles. The number of para-hydroxylation sites is 1. The lowest BCUT2D eigenvalue weighted by atomic mass is 10.1. The van der Waals surface area contributed by atoms with Crippen LogP contribution in [0.1, 0.15) is 21.6 Å². The monoisotopic (exact) mass is 477 g/mol. The van der Waals surface area contributed by atoms with E-state index in [1.807, 2.05) is 62.4 Å². The standard InChI is InChI=1S/C25H23N3O3S2/c1-16-8-7-9-17(2)23(16)28-33(30)22-14-19(12-13-21(22)31-3)26-24(29)20-15-32-25(27-20)18-10-5-4-6-11-18/h4-15,28H,1-3H3,(H,26,29). The molecule has 1 aromatic heterocycles. The molecule has 1 atom stereocenters. The molecule has 4 rings (SSSR count). The molecular formula is C25H23N3O3S2. The van der Waals surface area contributed by atoms with E-state index in [4.69, 9.17) is 4.74 Å². The Labute approximate surface area is 200 Å². The zero-order valence-corrected chi connectivity index (χ0v) is 20.0. The number of methoxy groups -OCH3 is 1. The quantitative estimate of drug-likeness (QED) is 0.328. The highest BCUT2D eigenvalue weighted by Crippen LogP contribution is 2.31. The van der Waals surface area contributed by atoms with Crippen LogP contribution in [0.5, 0.6) is 5.75 Å². The first-order valence-electron chi connectivity index (χ1n) is 10.2. The van der Waals surface area contributed by atoms with Crippen LogP contribution in [0.15, 0.2) is 77.0 Å². The molecule has 0 aliphatic heterocycles. The van der Waals surface area contributed by atoms with Gasteiger partial charge in [-0.15, -0.1) is 11.3 Å². The minimum Gasteiger partial charge on any atom is -0.588 e. The summed E-state index contributed by atoms with van der Waals surface area (Å²) in [7, 11) is 1.52. The topological polar surface area (TPSA) is 86.3 Å². The molecule has 0 aliphatic carbocycles. The summed E-state index contributed by atoms with van der Waals surface area (Å²) in [6.07, 6.45) is 0. The Morgan fingerprint density at radius 1 is 1.03 bits per heavy atom. The largest absolute Gasteiger partial charge is 0.588 e. The number of ether oxygens (including phenoxy) is 1. The number of hydrogen-bond donors (Lipinski definition) is 2. The van der Waals surface area contributed by atoms with Crippen LogP contribution in [-0.2, 0) is 11.4 Å². The first kappa shape index (κ1) is 22.8. The first-order chi connectivity index (χ1) is 16.0. The van der Waals surface area contributed by atoms with Crippen LogP contribution in [0.2, 0.25) is 0 Å². The van der Waals surface area contributed by atoms with Crippen molar-refractivity contribution < 1.29 is 14.1 Å². The molecule has 1 amide bonds. The van der Waals surface area contributed by atoms with Crippen LogP contribution < -0.4 is 14.8 Å². The highest BCUT2D eigenvalue weighted by atomic mass is 32.2. The van der Waals surface area contributed by atoms with Crippen LogP contribution in [0, 0.1) is 13.8 Å². The van der Waals surface area contributed by atoms with Gasteiger partial charge >= 0.3 is 0 Å². The van der Waals surface area contributed by atoms with E-state index in [1.54, 1.807) is 23.6 Å². The fourth-order valence-electron chi connectivity index (χ4n) is 3.31. The number of rotatable bonds is 7. The van der Waals surface area contributed by atoms with E-state index >= 15 is 0 Å². The van der Waals surface area contributed by atoms with Gasteiger partial charge in [-0.3, -0.25) is 4.79 Å². The third kappa shape index (κ3) is 5.19. The molecule has 0 aliphatic rings. The van der Waals surface area contributed by atoms with E-state index in [9.17, 15) is 9.35 Å². The highest BCUT2D eigenvalue weighted by molar-refractivity contribution is 7.92. The number of nitrogens with one attached hydrogen (secondary N) is 2. The SMILES string of the molecule is COc1ccc(NC(=O)c2csc(-c3ccccc3)n2)cc1[S+]([O-])Nc1c(C)cccc1C. The Hall–Kier alpha value is -3.33. The van der Waals surface area contributed by atoms with Gasteiger partial charge in [0.2, 0.25) is 4.90 Å². The van der Waals surface area contributed by atoms with Crippen molar-refractivity contribution in [2.24, 2.45) is 0 Å². The molecule has 0 saturated heterocycles. The number of amides is 1.